The molecule has 6 aromatic rings. The van der Waals surface area contributed by atoms with E-state index in [-0.39, 0.29) is 23.0 Å². The fraction of sp³-hybridized carbons (Fsp3) is 0.158. The second-order valence-electron chi connectivity index (χ2n) is 11.3. The summed E-state index contributed by atoms with van der Waals surface area (Å²) in [6.07, 6.45) is -1.39. The van der Waals surface area contributed by atoms with Crippen molar-refractivity contribution in [2.45, 2.75) is 35.8 Å². The molecule has 0 aliphatic carbocycles. The van der Waals surface area contributed by atoms with E-state index in [0.717, 1.165) is 32.7 Å². The molecule has 2 N–H and O–H groups in total. The minimum absolute atomic E-state index is 0.0652. The lowest BCUT2D eigenvalue weighted by molar-refractivity contribution is 0.123. The highest BCUT2D eigenvalue weighted by Gasteiger charge is 2.23. The summed E-state index contributed by atoms with van der Waals surface area (Å²) in [5.74, 6) is 0.952. The van der Waals surface area contributed by atoms with Crippen molar-refractivity contribution in [1.29, 1.82) is 0 Å². The quantitative estimate of drug-likeness (QED) is 0.164. The predicted molar refractivity (Wildman–Crippen MR) is 179 cm³/mol. The zero-order valence-electron chi connectivity index (χ0n) is 25.1. The summed E-state index contributed by atoms with van der Waals surface area (Å²) < 4.78 is 40.3. The van der Waals surface area contributed by atoms with Crippen LogP contribution in [0.25, 0.3) is 43.8 Å². The van der Waals surface area contributed by atoms with Gasteiger partial charge in [-0.25, -0.2) is 8.42 Å². The summed E-state index contributed by atoms with van der Waals surface area (Å²) in [6.45, 7) is 3.40. The minimum Gasteiger partial charge on any atom is -0.490 e. The van der Waals surface area contributed by atoms with E-state index in [4.69, 9.17) is 9.47 Å². The summed E-state index contributed by atoms with van der Waals surface area (Å²) in [6, 6.07) is 37.4. The van der Waals surface area contributed by atoms with Gasteiger partial charge in [0.25, 0.3) is 0 Å². The van der Waals surface area contributed by atoms with Gasteiger partial charge < -0.3 is 19.7 Å². The molecule has 0 aromatic heterocycles. The first-order valence-corrected chi connectivity index (χ1v) is 16.3. The second kappa shape index (κ2) is 12.7. The number of aliphatic hydroxyl groups is 2. The van der Waals surface area contributed by atoms with Crippen LogP contribution in [0.2, 0.25) is 0 Å². The molecule has 2 atom stereocenters. The molecule has 0 bridgehead atoms. The van der Waals surface area contributed by atoms with Crippen molar-refractivity contribution >= 4 is 31.4 Å². The van der Waals surface area contributed by atoms with E-state index in [1.807, 2.05) is 84.9 Å². The Labute approximate surface area is 263 Å². The highest BCUT2D eigenvalue weighted by molar-refractivity contribution is 7.91. The third-order valence-electron chi connectivity index (χ3n) is 7.60. The first-order chi connectivity index (χ1) is 21.7. The highest BCUT2D eigenvalue weighted by atomic mass is 32.2. The molecule has 0 spiro atoms. The first-order valence-electron chi connectivity index (χ1n) is 14.8. The Balaban J connectivity index is 1.46. The predicted octanol–water partition coefficient (Wildman–Crippen LogP) is 7.68. The normalized spacial score (nSPS) is 13.1. The number of aliphatic hydroxyl groups excluding tert-OH is 2. The average Bonchev–Trinajstić information content (AvgIpc) is 3.05. The summed E-state index contributed by atoms with van der Waals surface area (Å²) in [5.41, 5.74) is 2.80. The van der Waals surface area contributed by atoms with Crippen molar-refractivity contribution in [3.8, 4) is 33.8 Å². The monoisotopic (exact) mass is 618 g/mol. The summed E-state index contributed by atoms with van der Waals surface area (Å²) in [7, 11) is -3.99. The van der Waals surface area contributed by atoms with E-state index in [1.165, 1.54) is 12.1 Å². The molecule has 0 heterocycles. The van der Waals surface area contributed by atoms with Crippen LogP contribution >= 0.6 is 0 Å². The molecule has 0 amide bonds. The number of hydrogen-bond acceptors (Lipinski definition) is 6. The minimum atomic E-state index is -3.99. The third kappa shape index (κ3) is 6.56. The Hall–Kier alpha value is -4.69. The van der Waals surface area contributed by atoms with Gasteiger partial charge in [0.1, 0.15) is 24.7 Å². The molecule has 6 aromatic carbocycles. The van der Waals surface area contributed by atoms with Gasteiger partial charge in [-0.2, -0.15) is 0 Å². The maximum Gasteiger partial charge on any atom is 0.206 e. The smallest absolute Gasteiger partial charge is 0.206 e. The van der Waals surface area contributed by atoms with E-state index in [2.05, 4.69) is 0 Å². The van der Waals surface area contributed by atoms with Crippen LogP contribution < -0.4 is 9.47 Å². The van der Waals surface area contributed by atoms with Crippen molar-refractivity contribution in [1.82, 2.24) is 0 Å². The largest absolute Gasteiger partial charge is 0.490 e. The Bertz CT molecular complexity index is 1960. The Kier molecular flexibility index (Phi) is 8.59. The van der Waals surface area contributed by atoms with Gasteiger partial charge in [0.15, 0.2) is 0 Å². The maximum atomic E-state index is 14.2. The molecule has 228 valence electrons. The number of sulfone groups is 1. The Morgan fingerprint density at radius 1 is 0.533 bits per heavy atom. The molecule has 7 heteroatoms. The summed E-state index contributed by atoms with van der Waals surface area (Å²) in [4.78, 5) is 0.217. The van der Waals surface area contributed by atoms with E-state index < -0.39 is 22.0 Å². The van der Waals surface area contributed by atoms with Crippen LogP contribution in [0.5, 0.6) is 11.5 Å². The zero-order valence-corrected chi connectivity index (χ0v) is 25.9. The Morgan fingerprint density at radius 2 is 0.933 bits per heavy atom. The molecular weight excluding hydrogens is 584 g/mol. The number of fused-ring (bicyclic) bond motifs is 2. The van der Waals surface area contributed by atoms with E-state index in [9.17, 15) is 18.6 Å². The van der Waals surface area contributed by atoms with Gasteiger partial charge in [0.2, 0.25) is 9.84 Å². The van der Waals surface area contributed by atoms with Crippen molar-refractivity contribution < 1.29 is 28.1 Å². The molecule has 6 rings (SSSR count). The molecule has 0 saturated carbocycles. The standard InChI is InChI=1S/C38H34O6S/c1-25(39)23-43-37-17-15-33(21-35(37)31-13-11-27-7-3-5-9-29(27)19-31)45(41,42)34-16-18-38(44-24-26(2)40)36(22-34)32-14-12-28-8-4-6-10-30(28)20-32/h3-22,25-26,39-40H,23-24H2,1-2H3. The number of ether oxygens (including phenoxy) is 2. The lowest BCUT2D eigenvalue weighted by Crippen LogP contribution is -2.14. The first kappa shape index (κ1) is 30.3. The molecule has 45 heavy (non-hydrogen) atoms. The van der Waals surface area contributed by atoms with Crippen molar-refractivity contribution in [2.75, 3.05) is 13.2 Å². The molecule has 6 nitrogen and oxygen atoms in total. The SMILES string of the molecule is CC(O)COc1ccc(S(=O)(=O)c2ccc(OCC(C)O)c(-c3ccc4ccccc4c3)c2)cc1-c1ccc2ccccc2c1. The van der Waals surface area contributed by atoms with Gasteiger partial charge in [-0.15, -0.1) is 0 Å². The fourth-order valence-corrected chi connectivity index (χ4v) is 6.64. The van der Waals surface area contributed by atoms with E-state index in [0.29, 0.717) is 22.6 Å². The van der Waals surface area contributed by atoms with Crippen molar-refractivity contribution in [2.24, 2.45) is 0 Å². The van der Waals surface area contributed by atoms with Crippen LogP contribution in [-0.4, -0.2) is 44.1 Å². The fourth-order valence-electron chi connectivity index (χ4n) is 5.33. The summed E-state index contributed by atoms with van der Waals surface area (Å²) in [5, 5.41) is 23.9. The molecule has 0 fully saturated rings. The van der Waals surface area contributed by atoms with Gasteiger partial charge in [-0.05, 0) is 95.1 Å². The van der Waals surface area contributed by atoms with Gasteiger partial charge in [-0.3, -0.25) is 0 Å². The summed E-state index contributed by atoms with van der Waals surface area (Å²) >= 11 is 0. The lowest BCUT2D eigenvalue weighted by atomic mass is 10.0. The number of rotatable bonds is 10. The van der Waals surface area contributed by atoms with Crippen molar-refractivity contribution in [3.05, 3.63) is 121 Å². The topological polar surface area (TPSA) is 93.1 Å². The molecule has 2 unspecified atom stereocenters. The van der Waals surface area contributed by atoms with Gasteiger partial charge in [-0.1, -0.05) is 72.8 Å². The van der Waals surface area contributed by atoms with Crippen LogP contribution in [-0.2, 0) is 9.84 Å². The van der Waals surface area contributed by atoms with Crippen LogP contribution in [0.4, 0.5) is 0 Å². The molecular formula is C38H34O6S. The lowest BCUT2D eigenvalue weighted by Gasteiger charge is -2.17. The molecule has 0 aliphatic rings. The number of hydrogen-bond donors (Lipinski definition) is 2. The molecule has 0 saturated heterocycles. The van der Waals surface area contributed by atoms with Crippen LogP contribution in [0.15, 0.2) is 131 Å². The molecule has 0 radical (unpaired) electrons. The van der Waals surface area contributed by atoms with Gasteiger partial charge >= 0.3 is 0 Å². The zero-order chi connectivity index (χ0) is 31.6. The van der Waals surface area contributed by atoms with Crippen LogP contribution in [0, 0.1) is 0 Å². The van der Waals surface area contributed by atoms with Crippen LogP contribution in [0.1, 0.15) is 13.8 Å². The van der Waals surface area contributed by atoms with Gasteiger partial charge in [0.05, 0.1) is 22.0 Å². The van der Waals surface area contributed by atoms with E-state index in [1.54, 1.807) is 38.1 Å². The average molecular weight is 619 g/mol. The van der Waals surface area contributed by atoms with Crippen LogP contribution in [0.3, 0.4) is 0 Å². The third-order valence-corrected chi connectivity index (χ3v) is 9.35. The van der Waals surface area contributed by atoms with Crippen molar-refractivity contribution in [3.63, 3.8) is 0 Å². The van der Waals surface area contributed by atoms with E-state index >= 15 is 0 Å². The maximum absolute atomic E-state index is 14.2. The highest BCUT2D eigenvalue weighted by Crippen LogP contribution is 2.39. The molecule has 0 aliphatic heterocycles. The second-order valence-corrected chi connectivity index (χ2v) is 13.2. The number of benzene rings is 6. The van der Waals surface area contributed by atoms with Gasteiger partial charge in [0, 0.05) is 11.1 Å². The Morgan fingerprint density at radius 3 is 1.33 bits per heavy atom.